The van der Waals surface area contributed by atoms with Gasteiger partial charge in [0.15, 0.2) is 0 Å². The van der Waals surface area contributed by atoms with Crippen molar-refractivity contribution in [1.82, 2.24) is 4.90 Å². The van der Waals surface area contributed by atoms with E-state index in [1.807, 2.05) is 0 Å². The Morgan fingerprint density at radius 3 is 2.44 bits per heavy atom. The average Bonchev–Trinajstić information content (AvgIpc) is 2.38. The number of rotatable bonds is 4. The molecule has 2 rings (SSSR count). The number of halogens is 1. The first-order chi connectivity index (χ1) is 8.65. The molecule has 1 atom stereocenters. The molecule has 1 fully saturated rings. The number of benzene rings is 1. The van der Waals surface area contributed by atoms with Crippen LogP contribution >= 0.6 is 0 Å². The van der Waals surface area contributed by atoms with E-state index in [-0.39, 0.29) is 11.9 Å². The minimum atomic E-state index is -0.544. The quantitative estimate of drug-likeness (QED) is 0.858. The van der Waals surface area contributed by atoms with Gasteiger partial charge in [0.25, 0.3) is 0 Å². The van der Waals surface area contributed by atoms with Crippen molar-refractivity contribution in [3.8, 4) is 0 Å². The maximum Gasteiger partial charge on any atom is 0.123 e. The molecule has 2 N–H and O–H groups in total. The normalized spacial score (nSPS) is 19.9. The number of aliphatic hydroxyl groups excluding tert-OH is 2. The summed E-state index contributed by atoms with van der Waals surface area (Å²) < 4.78 is 12.7. The van der Waals surface area contributed by atoms with Crippen LogP contribution in [0.15, 0.2) is 24.3 Å². The number of likely N-dealkylation sites (tertiary alicyclic amines) is 1. The van der Waals surface area contributed by atoms with Crippen molar-refractivity contribution in [3.63, 3.8) is 0 Å². The molecule has 1 aliphatic rings. The molecule has 3 nitrogen and oxygen atoms in total. The smallest absolute Gasteiger partial charge is 0.123 e. The summed E-state index contributed by atoms with van der Waals surface area (Å²) in [7, 11) is 0. The van der Waals surface area contributed by atoms with Crippen LogP contribution in [0, 0.1) is 5.82 Å². The van der Waals surface area contributed by atoms with Gasteiger partial charge in [-0.2, -0.15) is 0 Å². The Kier molecular flexibility index (Phi) is 4.69. The maximum absolute atomic E-state index is 12.7. The van der Waals surface area contributed by atoms with Crippen LogP contribution in [0.1, 0.15) is 30.9 Å². The lowest BCUT2D eigenvalue weighted by atomic mass is 10.0. The molecule has 1 aromatic carbocycles. The van der Waals surface area contributed by atoms with E-state index >= 15 is 0 Å². The number of nitrogens with zero attached hydrogens (tertiary/aromatic N) is 1. The fourth-order valence-electron chi connectivity index (χ4n) is 2.30. The number of piperidine rings is 1. The monoisotopic (exact) mass is 253 g/mol. The molecule has 0 radical (unpaired) electrons. The second-order valence-corrected chi connectivity index (χ2v) is 4.93. The van der Waals surface area contributed by atoms with E-state index in [1.54, 1.807) is 12.1 Å². The Morgan fingerprint density at radius 2 is 1.83 bits per heavy atom. The SMILES string of the molecule is OC1CCN(CCC(O)c2ccc(F)cc2)CC1. The summed E-state index contributed by atoms with van der Waals surface area (Å²) >= 11 is 0. The summed E-state index contributed by atoms with van der Waals surface area (Å²) in [5, 5.41) is 19.4. The largest absolute Gasteiger partial charge is 0.393 e. The van der Waals surface area contributed by atoms with Gasteiger partial charge in [-0.3, -0.25) is 0 Å². The zero-order chi connectivity index (χ0) is 13.0. The van der Waals surface area contributed by atoms with Crippen molar-refractivity contribution in [1.29, 1.82) is 0 Å². The van der Waals surface area contributed by atoms with E-state index in [9.17, 15) is 14.6 Å². The van der Waals surface area contributed by atoms with Crippen LogP contribution in [0.3, 0.4) is 0 Å². The van der Waals surface area contributed by atoms with Gasteiger partial charge in [0, 0.05) is 19.6 Å². The van der Waals surface area contributed by atoms with Crippen LogP contribution in [0.5, 0.6) is 0 Å². The Bertz CT molecular complexity index is 361. The Balaban J connectivity index is 1.77. The highest BCUT2D eigenvalue weighted by atomic mass is 19.1. The molecular formula is C14H20FNO2. The van der Waals surface area contributed by atoms with Gasteiger partial charge in [0.2, 0.25) is 0 Å². The molecule has 0 amide bonds. The van der Waals surface area contributed by atoms with Crippen molar-refractivity contribution < 1.29 is 14.6 Å². The Hall–Kier alpha value is -0.970. The lowest BCUT2D eigenvalue weighted by molar-refractivity contribution is 0.0711. The second-order valence-electron chi connectivity index (χ2n) is 4.93. The van der Waals surface area contributed by atoms with E-state index in [4.69, 9.17) is 0 Å². The zero-order valence-corrected chi connectivity index (χ0v) is 10.4. The number of hydrogen-bond acceptors (Lipinski definition) is 3. The van der Waals surface area contributed by atoms with Crippen LogP contribution in [0.25, 0.3) is 0 Å². The Morgan fingerprint density at radius 1 is 1.22 bits per heavy atom. The van der Waals surface area contributed by atoms with Crippen molar-refractivity contribution in [2.24, 2.45) is 0 Å². The van der Waals surface area contributed by atoms with Crippen LogP contribution in [0.2, 0.25) is 0 Å². The Labute approximate surface area is 107 Å². The highest BCUT2D eigenvalue weighted by Gasteiger charge is 2.17. The summed E-state index contributed by atoms with van der Waals surface area (Å²) in [5.41, 5.74) is 0.758. The van der Waals surface area contributed by atoms with Gasteiger partial charge in [0.1, 0.15) is 5.82 Å². The van der Waals surface area contributed by atoms with Crippen LogP contribution in [-0.2, 0) is 0 Å². The standard InChI is InChI=1S/C14H20FNO2/c15-12-3-1-11(2-4-12)14(18)7-10-16-8-5-13(17)6-9-16/h1-4,13-14,17-18H,5-10H2. The predicted molar refractivity (Wildman–Crippen MR) is 67.7 cm³/mol. The average molecular weight is 253 g/mol. The first kappa shape index (κ1) is 13.5. The topological polar surface area (TPSA) is 43.7 Å². The molecule has 0 aliphatic carbocycles. The first-order valence-corrected chi connectivity index (χ1v) is 6.49. The molecule has 0 spiro atoms. The summed E-state index contributed by atoms with van der Waals surface area (Å²) in [6.07, 6.45) is 1.56. The van der Waals surface area contributed by atoms with Gasteiger partial charge in [-0.25, -0.2) is 4.39 Å². The van der Waals surface area contributed by atoms with Crippen LogP contribution < -0.4 is 0 Å². The summed E-state index contributed by atoms with van der Waals surface area (Å²) in [5.74, 6) is -0.282. The van der Waals surface area contributed by atoms with Gasteiger partial charge in [-0.1, -0.05) is 12.1 Å². The molecule has 100 valence electrons. The molecular weight excluding hydrogens is 233 g/mol. The number of hydrogen-bond donors (Lipinski definition) is 2. The maximum atomic E-state index is 12.7. The molecule has 4 heteroatoms. The third-order valence-electron chi connectivity index (χ3n) is 3.53. The van der Waals surface area contributed by atoms with Crippen molar-refractivity contribution in [2.75, 3.05) is 19.6 Å². The van der Waals surface area contributed by atoms with Crippen LogP contribution in [-0.4, -0.2) is 40.9 Å². The van der Waals surface area contributed by atoms with E-state index < -0.39 is 6.10 Å². The third-order valence-corrected chi connectivity index (χ3v) is 3.53. The van der Waals surface area contributed by atoms with E-state index in [0.717, 1.165) is 38.0 Å². The zero-order valence-electron chi connectivity index (χ0n) is 10.4. The van der Waals surface area contributed by atoms with Gasteiger partial charge in [-0.15, -0.1) is 0 Å². The molecule has 0 aromatic heterocycles. The van der Waals surface area contributed by atoms with Gasteiger partial charge in [0.05, 0.1) is 12.2 Å². The lowest BCUT2D eigenvalue weighted by Crippen LogP contribution is -2.36. The minimum Gasteiger partial charge on any atom is -0.393 e. The van der Waals surface area contributed by atoms with Gasteiger partial charge in [-0.05, 0) is 37.0 Å². The first-order valence-electron chi connectivity index (χ1n) is 6.49. The fraction of sp³-hybridized carbons (Fsp3) is 0.571. The van der Waals surface area contributed by atoms with E-state index in [0.29, 0.717) is 6.42 Å². The lowest BCUT2D eigenvalue weighted by Gasteiger charge is -2.30. The second kappa shape index (κ2) is 6.27. The molecule has 1 saturated heterocycles. The molecule has 1 aliphatic heterocycles. The molecule has 1 heterocycles. The minimum absolute atomic E-state index is 0.164. The van der Waals surface area contributed by atoms with Crippen molar-refractivity contribution >= 4 is 0 Å². The van der Waals surface area contributed by atoms with Crippen molar-refractivity contribution in [2.45, 2.75) is 31.5 Å². The summed E-state index contributed by atoms with van der Waals surface area (Å²) in [6.45, 7) is 2.58. The summed E-state index contributed by atoms with van der Waals surface area (Å²) in [6, 6.07) is 5.99. The third kappa shape index (κ3) is 3.77. The van der Waals surface area contributed by atoms with E-state index in [1.165, 1.54) is 12.1 Å². The molecule has 1 unspecified atom stereocenters. The molecule has 1 aromatic rings. The predicted octanol–water partition coefficient (Wildman–Crippen LogP) is 1.71. The van der Waals surface area contributed by atoms with Crippen molar-refractivity contribution in [3.05, 3.63) is 35.6 Å². The highest BCUT2D eigenvalue weighted by molar-refractivity contribution is 5.18. The summed E-state index contributed by atoms with van der Waals surface area (Å²) in [4.78, 5) is 2.25. The van der Waals surface area contributed by atoms with Gasteiger partial charge >= 0.3 is 0 Å². The van der Waals surface area contributed by atoms with E-state index in [2.05, 4.69) is 4.90 Å². The fourth-order valence-corrected chi connectivity index (χ4v) is 2.30. The molecule has 0 saturated carbocycles. The highest BCUT2D eigenvalue weighted by Crippen LogP contribution is 2.18. The molecule has 0 bridgehead atoms. The number of aliphatic hydroxyl groups is 2. The molecule has 18 heavy (non-hydrogen) atoms. The van der Waals surface area contributed by atoms with Crippen LogP contribution in [0.4, 0.5) is 4.39 Å². The van der Waals surface area contributed by atoms with Gasteiger partial charge < -0.3 is 15.1 Å².